The molecular formula is C20H20N4O3. The molecule has 0 fully saturated rings. The van der Waals surface area contributed by atoms with Crippen molar-refractivity contribution in [3.8, 4) is 5.75 Å². The molecule has 7 nitrogen and oxygen atoms in total. The fourth-order valence-electron chi connectivity index (χ4n) is 2.76. The number of H-pyrrole nitrogens is 1. The Balaban J connectivity index is 1.57. The van der Waals surface area contributed by atoms with Gasteiger partial charge in [0.1, 0.15) is 5.75 Å². The first kappa shape index (κ1) is 18.2. The quantitative estimate of drug-likeness (QED) is 0.463. The second-order valence-electron chi connectivity index (χ2n) is 5.89. The van der Waals surface area contributed by atoms with Gasteiger partial charge < -0.3 is 15.0 Å². The molecule has 3 N–H and O–H groups in total. The first-order valence-corrected chi connectivity index (χ1v) is 8.40. The average molecular weight is 364 g/mol. The van der Waals surface area contributed by atoms with Gasteiger partial charge in [-0.25, -0.2) is 5.43 Å². The lowest BCUT2D eigenvalue weighted by atomic mass is 10.1. The van der Waals surface area contributed by atoms with Crippen LogP contribution in [0.1, 0.15) is 21.6 Å². The van der Waals surface area contributed by atoms with Crippen molar-refractivity contribution in [2.45, 2.75) is 6.92 Å². The Hall–Kier alpha value is -3.61. The third-order valence-electron chi connectivity index (χ3n) is 4.09. The SMILES string of the molecule is COc1ccccc1C(=O)NCC(=O)N/N=C/c1c(C)[nH]c2ccccc12. The minimum Gasteiger partial charge on any atom is -0.496 e. The second kappa shape index (κ2) is 8.18. The van der Waals surface area contributed by atoms with E-state index < -0.39 is 5.91 Å². The first-order chi connectivity index (χ1) is 13.1. The number of hydrazone groups is 1. The molecular weight excluding hydrogens is 344 g/mol. The highest BCUT2D eigenvalue weighted by atomic mass is 16.5. The van der Waals surface area contributed by atoms with Crippen molar-refractivity contribution in [1.82, 2.24) is 15.7 Å². The molecule has 0 spiro atoms. The summed E-state index contributed by atoms with van der Waals surface area (Å²) in [6, 6.07) is 14.7. The van der Waals surface area contributed by atoms with E-state index in [0.717, 1.165) is 22.2 Å². The number of hydrogen-bond acceptors (Lipinski definition) is 4. The van der Waals surface area contributed by atoms with Crippen molar-refractivity contribution in [2.24, 2.45) is 5.10 Å². The number of amides is 2. The first-order valence-electron chi connectivity index (χ1n) is 8.40. The van der Waals surface area contributed by atoms with E-state index in [1.807, 2.05) is 31.2 Å². The van der Waals surface area contributed by atoms with Crippen molar-refractivity contribution in [2.75, 3.05) is 13.7 Å². The minimum absolute atomic E-state index is 0.193. The van der Waals surface area contributed by atoms with Gasteiger partial charge in [0.05, 0.1) is 25.4 Å². The Labute approximate surface area is 156 Å². The number of nitrogens with one attached hydrogen (secondary N) is 3. The molecule has 0 aliphatic heterocycles. The molecule has 0 aliphatic rings. The van der Waals surface area contributed by atoms with Crippen LogP contribution in [-0.4, -0.2) is 36.7 Å². The molecule has 138 valence electrons. The number of ether oxygens (including phenoxy) is 1. The highest BCUT2D eigenvalue weighted by Gasteiger charge is 2.12. The molecule has 0 aliphatic carbocycles. The molecule has 3 aromatic rings. The Morgan fingerprint density at radius 3 is 2.70 bits per heavy atom. The summed E-state index contributed by atoms with van der Waals surface area (Å²) in [6.45, 7) is 1.75. The Morgan fingerprint density at radius 2 is 1.89 bits per heavy atom. The number of aryl methyl sites for hydroxylation is 1. The van der Waals surface area contributed by atoms with Crippen LogP contribution in [0.25, 0.3) is 10.9 Å². The lowest BCUT2D eigenvalue weighted by molar-refractivity contribution is -0.120. The highest BCUT2D eigenvalue weighted by molar-refractivity contribution is 6.01. The molecule has 1 heterocycles. The van der Waals surface area contributed by atoms with Crippen LogP contribution in [0.15, 0.2) is 53.6 Å². The number of carbonyl (C=O) groups excluding carboxylic acids is 2. The number of nitrogens with zero attached hydrogens (tertiary/aromatic N) is 1. The van der Waals surface area contributed by atoms with Crippen molar-refractivity contribution in [3.05, 3.63) is 65.4 Å². The maximum atomic E-state index is 12.2. The van der Waals surface area contributed by atoms with Crippen LogP contribution < -0.4 is 15.5 Å². The number of hydrogen-bond donors (Lipinski definition) is 3. The molecule has 0 atom stereocenters. The number of methoxy groups -OCH3 is 1. The van der Waals surface area contributed by atoms with E-state index in [0.29, 0.717) is 11.3 Å². The third-order valence-corrected chi connectivity index (χ3v) is 4.09. The Morgan fingerprint density at radius 1 is 1.15 bits per heavy atom. The van der Waals surface area contributed by atoms with Gasteiger partial charge in [-0.2, -0.15) is 5.10 Å². The number of fused-ring (bicyclic) bond motifs is 1. The predicted octanol–water partition coefficient (Wildman–Crippen LogP) is 2.37. The van der Waals surface area contributed by atoms with Crippen LogP contribution in [0.5, 0.6) is 5.75 Å². The lowest BCUT2D eigenvalue weighted by Gasteiger charge is -2.08. The van der Waals surface area contributed by atoms with E-state index >= 15 is 0 Å². The normalized spacial score (nSPS) is 10.9. The zero-order valence-corrected chi connectivity index (χ0v) is 15.1. The van der Waals surface area contributed by atoms with E-state index in [2.05, 4.69) is 20.8 Å². The molecule has 1 aromatic heterocycles. The number of rotatable bonds is 6. The summed E-state index contributed by atoms with van der Waals surface area (Å²) < 4.78 is 5.14. The van der Waals surface area contributed by atoms with Crippen LogP contribution in [0.2, 0.25) is 0 Å². The van der Waals surface area contributed by atoms with Gasteiger partial charge in [-0.05, 0) is 25.1 Å². The Kier molecular flexibility index (Phi) is 5.51. The summed E-state index contributed by atoms with van der Waals surface area (Å²) in [5.74, 6) is -0.366. The molecule has 0 bridgehead atoms. The van der Waals surface area contributed by atoms with E-state index in [4.69, 9.17) is 4.74 Å². The molecule has 0 unspecified atom stereocenters. The van der Waals surface area contributed by atoms with Crippen LogP contribution in [0.4, 0.5) is 0 Å². The standard InChI is InChI=1S/C20H20N4O3/c1-13-16(14-7-3-5-9-17(14)23-13)11-22-24-19(25)12-21-20(26)15-8-4-6-10-18(15)27-2/h3-11,23H,12H2,1-2H3,(H,21,26)(H,24,25)/b22-11+. The summed E-state index contributed by atoms with van der Waals surface area (Å²) in [7, 11) is 1.49. The number of carbonyl (C=O) groups is 2. The van der Waals surface area contributed by atoms with Crippen LogP contribution in [-0.2, 0) is 4.79 Å². The fourth-order valence-corrected chi connectivity index (χ4v) is 2.76. The second-order valence-corrected chi connectivity index (χ2v) is 5.89. The molecule has 2 amide bonds. The predicted molar refractivity (Wildman–Crippen MR) is 104 cm³/mol. The minimum atomic E-state index is -0.424. The monoisotopic (exact) mass is 364 g/mol. The summed E-state index contributed by atoms with van der Waals surface area (Å²) in [6.07, 6.45) is 1.59. The molecule has 0 saturated heterocycles. The number of aromatic amines is 1. The highest BCUT2D eigenvalue weighted by Crippen LogP contribution is 2.19. The van der Waals surface area contributed by atoms with E-state index in [9.17, 15) is 9.59 Å². The largest absolute Gasteiger partial charge is 0.496 e. The van der Waals surface area contributed by atoms with E-state index in [-0.39, 0.29) is 12.5 Å². The van der Waals surface area contributed by atoms with Crippen LogP contribution in [0, 0.1) is 6.92 Å². The molecule has 7 heteroatoms. The van der Waals surface area contributed by atoms with Gasteiger partial charge in [0.15, 0.2) is 0 Å². The van der Waals surface area contributed by atoms with Crippen molar-refractivity contribution < 1.29 is 14.3 Å². The van der Waals surface area contributed by atoms with Gasteiger partial charge in [-0.1, -0.05) is 30.3 Å². The molecule has 27 heavy (non-hydrogen) atoms. The summed E-state index contributed by atoms with van der Waals surface area (Å²) >= 11 is 0. The summed E-state index contributed by atoms with van der Waals surface area (Å²) in [5.41, 5.74) is 5.66. The maximum absolute atomic E-state index is 12.2. The number of para-hydroxylation sites is 2. The number of benzene rings is 2. The number of aromatic nitrogens is 1. The fraction of sp³-hybridized carbons (Fsp3) is 0.150. The molecule has 0 radical (unpaired) electrons. The van der Waals surface area contributed by atoms with Crippen molar-refractivity contribution >= 4 is 28.9 Å². The van der Waals surface area contributed by atoms with Gasteiger partial charge in [-0.3, -0.25) is 9.59 Å². The van der Waals surface area contributed by atoms with Gasteiger partial charge >= 0.3 is 0 Å². The molecule has 2 aromatic carbocycles. The van der Waals surface area contributed by atoms with Crippen LogP contribution >= 0.6 is 0 Å². The topological polar surface area (TPSA) is 95.6 Å². The van der Waals surface area contributed by atoms with Crippen molar-refractivity contribution in [3.63, 3.8) is 0 Å². The van der Waals surface area contributed by atoms with Gasteiger partial charge in [-0.15, -0.1) is 0 Å². The van der Waals surface area contributed by atoms with Gasteiger partial charge in [0.25, 0.3) is 11.8 Å². The van der Waals surface area contributed by atoms with Gasteiger partial charge in [0.2, 0.25) is 0 Å². The lowest BCUT2D eigenvalue weighted by Crippen LogP contribution is -2.35. The smallest absolute Gasteiger partial charge is 0.259 e. The van der Waals surface area contributed by atoms with Crippen LogP contribution in [0.3, 0.4) is 0 Å². The average Bonchev–Trinajstić information content (AvgIpc) is 3.01. The zero-order valence-electron chi connectivity index (χ0n) is 15.1. The van der Waals surface area contributed by atoms with Gasteiger partial charge in [0, 0.05) is 22.2 Å². The molecule has 3 rings (SSSR count). The maximum Gasteiger partial charge on any atom is 0.259 e. The summed E-state index contributed by atoms with van der Waals surface area (Å²) in [5, 5.41) is 7.56. The molecule has 0 saturated carbocycles. The van der Waals surface area contributed by atoms with E-state index in [1.54, 1.807) is 30.5 Å². The van der Waals surface area contributed by atoms with E-state index in [1.165, 1.54) is 7.11 Å². The zero-order chi connectivity index (χ0) is 19.2. The third kappa shape index (κ3) is 4.14. The van der Waals surface area contributed by atoms with Crippen molar-refractivity contribution in [1.29, 1.82) is 0 Å². The Bertz CT molecular complexity index is 1010. The summed E-state index contributed by atoms with van der Waals surface area (Å²) in [4.78, 5) is 27.4.